The monoisotopic (exact) mass is 221 g/mol. The number of nitrogen functional groups attached to an aromatic ring is 1. The van der Waals surface area contributed by atoms with Gasteiger partial charge >= 0.3 is 0 Å². The lowest BCUT2D eigenvalue weighted by Crippen LogP contribution is -2.16. The Morgan fingerprint density at radius 1 is 1.44 bits per heavy atom. The van der Waals surface area contributed by atoms with E-state index in [2.05, 4.69) is 12.0 Å². The highest BCUT2D eigenvalue weighted by molar-refractivity contribution is 5.68. The minimum Gasteiger partial charge on any atom is -0.393 e. The van der Waals surface area contributed by atoms with Gasteiger partial charge in [0.25, 0.3) is 0 Å². The molecule has 0 radical (unpaired) electrons. The molecule has 88 valence electrons. The van der Waals surface area contributed by atoms with Crippen LogP contribution < -0.4 is 10.6 Å². The van der Waals surface area contributed by atoms with Crippen molar-refractivity contribution in [1.82, 2.24) is 9.78 Å². The number of hydrogen-bond acceptors (Lipinski definition) is 4. The summed E-state index contributed by atoms with van der Waals surface area (Å²) in [5.41, 5.74) is 6.67. The fourth-order valence-corrected chi connectivity index (χ4v) is 1.69. The van der Waals surface area contributed by atoms with Gasteiger partial charge in [-0.15, -0.1) is 0 Å². The van der Waals surface area contributed by atoms with Crippen LogP contribution in [-0.4, -0.2) is 23.9 Å². The maximum atomic E-state index is 8.89. The Bertz CT molecular complexity index is 386. The molecule has 0 atom stereocenters. The van der Waals surface area contributed by atoms with E-state index in [1.807, 2.05) is 29.7 Å². The maximum absolute atomic E-state index is 8.89. The second kappa shape index (κ2) is 5.40. The molecule has 0 spiro atoms. The minimum atomic E-state index is 0.320. The number of aryl methyl sites for hydroxylation is 1. The zero-order valence-electron chi connectivity index (χ0n) is 10.2. The third-order valence-corrected chi connectivity index (χ3v) is 2.46. The van der Waals surface area contributed by atoms with E-state index in [1.165, 1.54) is 6.42 Å². The highest BCUT2D eigenvalue weighted by atomic mass is 15.4. The molecule has 0 unspecified atom stereocenters. The van der Waals surface area contributed by atoms with Crippen molar-refractivity contribution in [3.63, 3.8) is 0 Å². The maximum Gasteiger partial charge on any atom is 0.187 e. The summed E-state index contributed by atoms with van der Waals surface area (Å²) in [7, 11) is 3.82. The van der Waals surface area contributed by atoms with Crippen LogP contribution in [0.1, 0.15) is 31.9 Å². The Hall–Kier alpha value is -1.70. The molecule has 0 saturated heterocycles. The second-order valence-electron chi connectivity index (χ2n) is 4.02. The summed E-state index contributed by atoms with van der Waals surface area (Å²) in [6.45, 7) is 2.97. The number of unbranched alkanes of at least 4 members (excludes halogenated alkanes) is 2. The fourth-order valence-electron chi connectivity index (χ4n) is 1.69. The van der Waals surface area contributed by atoms with Crippen LogP contribution in [0.25, 0.3) is 0 Å². The van der Waals surface area contributed by atoms with Crippen LogP contribution in [0.5, 0.6) is 0 Å². The zero-order valence-corrected chi connectivity index (χ0v) is 10.2. The van der Waals surface area contributed by atoms with Gasteiger partial charge in [-0.3, -0.25) is 0 Å². The molecule has 0 bridgehead atoms. The lowest BCUT2D eigenvalue weighted by atomic mass is 10.2. The summed E-state index contributed by atoms with van der Waals surface area (Å²) in [6.07, 6.45) is 3.39. The molecule has 1 heterocycles. The van der Waals surface area contributed by atoms with Gasteiger partial charge in [0.15, 0.2) is 11.5 Å². The van der Waals surface area contributed by atoms with Crippen LogP contribution in [0.15, 0.2) is 0 Å². The third kappa shape index (κ3) is 2.45. The van der Waals surface area contributed by atoms with E-state index in [9.17, 15) is 0 Å². The van der Waals surface area contributed by atoms with Crippen LogP contribution in [-0.2, 0) is 6.54 Å². The number of nitrogens with two attached hydrogens (primary N) is 1. The highest BCUT2D eigenvalue weighted by Gasteiger charge is 2.16. The Balaban J connectivity index is 2.94. The molecule has 2 N–H and O–H groups in total. The molecule has 0 aliphatic carbocycles. The average Bonchev–Trinajstić information content (AvgIpc) is 2.55. The smallest absolute Gasteiger partial charge is 0.187 e. The fraction of sp³-hybridized carbons (Fsp3) is 0.636. The first kappa shape index (κ1) is 12.4. The molecule has 16 heavy (non-hydrogen) atoms. The van der Waals surface area contributed by atoms with Crippen LogP contribution >= 0.6 is 0 Å². The van der Waals surface area contributed by atoms with E-state index < -0.39 is 0 Å². The lowest BCUT2D eigenvalue weighted by molar-refractivity contribution is 0.552. The lowest BCUT2D eigenvalue weighted by Gasteiger charge is -2.15. The van der Waals surface area contributed by atoms with Crippen molar-refractivity contribution in [2.24, 2.45) is 0 Å². The quantitative estimate of drug-likeness (QED) is 0.766. The minimum absolute atomic E-state index is 0.320. The molecule has 5 heteroatoms. The number of hydrogen-bond donors (Lipinski definition) is 1. The van der Waals surface area contributed by atoms with E-state index in [4.69, 9.17) is 11.0 Å². The molecule has 1 aromatic heterocycles. The van der Waals surface area contributed by atoms with Crippen molar-refractivity contribution in [3.05, 3.63) is 5.69 Å². The normalized spacial score (nSPS) is 10.1. The van der Waals surface area contributed by atoms with Crippen LogP contribution in [0.2, 0.25) is 0 Å². The summed E-state index contributed by atoms with van der Waals surface area (Å²) in [5.74, 6) is 0.827. The Morgan fingerprint density at radius 2 is 2.12 bits per heavy atom. The first-order chi connectivity index (χ1) is 7.61. The standard InChI is InChI=1S/C11H19N5/c1-4-5-6-7-16-11(15(2)3)10(13)9(8-12)14-16/h4-7,13H2,1-3H3. The van der Waals surface area contributed by atoms with Crippen molar-refractivity contribution in [3.8, 4) is 6.07 Å². The molecule has 5 nitrogen and oxygen atoms in total. The molecule has 0 aromatic carbocycles. The van der Waals surface area contributed by atoms with Crippen molar-refractivity contribution in [2.75, 3.05) is 24.7 Å². The predicted molar refractivity (Wildman–Crippen MR) is 65.2 cm³/mol. The summed E-state index contributed by atoms with van der Waals surface area (Å²) >= 11 is 0. The van der Waals surface area contributed by atoms with Gasteiger partial charge < -0.3 is 10.6 Å². The van der Waals surface area contributed by atoms with Crippen molar-refractivity contribution in [2.45, 2.75) is 32.7 Å². The second-order valence-corrected chi connectivity index (χ2v) is 4.02. The molecule has 0 aliphatic heterocycles. The van der Waals surface area contributed by atoms with Crippen molar-refractivity contribution in [1.29, 1.82) is 5.26 Å². The Kier molecular flexibility index (Phi) is 4.18. The van der Waals surface area contributed by atoms with Gasteiger partial charge in [0.2, 0.25) is 0 Å². The summed E-state index contributed by atoms with van der Waals surface area (Å²) in [4.78, 5) is 1.90. The van der Waals surface area contributed by atoms with Gasteiger partial charge in [-0.25, -0.2) is 4.68 Å². The number of nitrogens with zero attached hydrogens (tertiary/aromatic N) is 4. The molecule has 1 rings (SSSR count). The van der Waals surface area contributed by atoms with E-state index in [1.54, 1.807) is 0 Å². The van der Waals surface area contributed by atoms with E-state index in [0.29, 0.717) is 11.4 Å². The van der Waals surface area contributed by atoms with E-state index in [-0.39, 0.29) is 0 Å². The summed E-state index contributed by atoms with van der Waals surface area (Å²) < 4.78 is 1.82. The van der Waals surface area contributed by atoms with Gasteiger partial charge in [-0.1, -0.05) is 19.8 Å². The van der Waals surface area contributed by atoms with Gasteiger partial charge in [-0.05, 0) is 6.42 Å². The number of rotatable bonds is 5. The van der Waals surface area contributed by atoms with Gasteiger partial charge in [0.1, 0.15) is 11.8 Å². The van der Waals surface area contributed by atoms with Gasteiger partial charge in [-0.2, -0.15) is 10.4 Å². The number of anilines is 2. The van der Waals surface area contributed by atoms with Crippen LogP contribution in [0, 0.1) is 11.3 Å². The third-order valence-electron chi connectivity index (χ3n) is 2.46. The molecular weight excluding hydrogens is 202 g/mol. The zero-order chi connectivity index (χ0) is 12.1. The van der Waals surface area contributed by atoms with Crippen LogP contribution in [0.4, 0.5) is 11.5 Å². The Morgan fingerprint density at radius 3 is 2.62 bits per heavy atom. The highest BCUT2D eigenvalue weighted by Crippen LogP contribution is 2.25. The van der Waals surface area contributed by atoms with Crippen molar-refractivity contribution < 1.29 is 0 Å². The molecule has 0 fully saturated rings. The van der Waals surface area contributed by atoms with Gasteiger partial charge in [0, 0.05) is 20.6 Å². The Labute approximate surface area is 96.5 Å². The topological polar surface area (TPSA) is 70.9 Å². The van der Waals surface area contributed by atoms with E-state index >= 15 is 0 Å². The summed E-state index contributed by atoms with van der Waals surface area (Å²) in [6, 6.07) is 2.02. The van der Waals surface area contributed by atoms with Crippen LogP contribution in [0.3, 0.4) is 0 Å². The first-order valence-corrected chi connectivity index (χ1v) is 5.55. The SMILES string of the molecule is CCCCCn1nc(C#N)c(N)c1N(C)C. The molecule has 0 saturated carbocycles. The number of nitriles is 1. The van der Waals surface area contributed by atoms with E-state index in [0.717, 1.165) is 25.2 Å². The van der Waals surface area contributed by atoms with Gasteiger partial charge in [0.05, 0.1) is 0 Å². The number of aromatic nitrogens is 2. The largest absolute Gasteiger partial charge is 0.393 e. The molecular formula is C11H19N5. The molecule has 0 amide bonds. The first-order valence-electron chi connectivity index (χ1n) is 5.55. The van der Waals surface area contributed by atoms with Crippen molar-refractivity contribution >= 4 is 11.5 Å². The summed E-state index contributed by atoms with van der Waals surface area (Å²) in [5, 5.41) is 13.1. The molecule has 1 aromatic rings. The predicted octanol–water partition coefficient (Wildman–Crippen LogP) is 1.59. The molecule has 0 aliphatic rings. The average molecular weight is 221 g/mol.